The van der Waals surface area contributed by atoms with E-state index in [0.717, 1.165) is 37.7 Å². The Kier molecular flexibility index (Phi) is 6.00. The maximum absolute atomic E-state index is 5.37. The van der Waals surface area contributed by atoms with E-state index in [-0.39, 0.29) is 0 Å². The van der Waals surface area contributed by atoms with Gasteiger partial charge in [-0.2, -0.15) is 0 Å². The zero-order chi connectivity index (χ0) is 9.52. The van der Waals surface area contributed by atoms with Crippen LogP contribution in [0.3, 0.4) is 0 Å². The SMILES string of the molecule is CCOCCN(CCBr)C1CCC1. The van der Waals surface area contributed by atoms with Gasteiger partial charge in [0.1, 0.15) is 0 Å². The molecule has 3 heteroatoms. The van der Waals surface area contributed by atoms with Gasteiger partial charge in [-0.15, -0.1) is 0 Å². The van der Waals surface area contributed by atoms with Crippen molar-refractivity contribution >= 4 is 15.9 Å². The largest absolute Gasteiger partial charge is 0.380 e. The van der Waals surface area contributed by atoms with Crippen LogP contribution in [0.1, 0.15) is 26.2 Å². The minimum atomic E-state index is 0.840. The molecule has 0 aromatic rings. The minimum Gasteiger partial charge on any atom is -0.380 e. The first-order valence-electron chi connectivity index (χ1n) is 5.26. The molecule has 0 atom stereocenters. The zero-order valence-electron chi connectivity index (χ0n) is 8.47. The van der Waals surface area contributed by atoms with E-state index in [2.05, 4.69) is 27.8 Å². The Morgan fingerprint density at radius 1 is 1.38 bits per heavy atom. The molecule has 0 spiro atoms. The van der Waals surface area contributed by atoms with Crippen LogP contribution in [0.25, 0.3) is 0 Å². The Bertz CT molecular complexity index is 128. The van der Waals surface area contributed by atoms with Gasteiger partial charge >= 0.3 is 0 Å². The van der Waals surface area contributed by atoms with Crippen molar-refractivity contribution in [2.24, 2.45) is 0 Å². The van der Waals surface area contributed by atoms with Gasteiger partial charge in [0.25, 0.3) is 0 Å². The van der Waals surface area contributed by atoms with Crippen molar-refractivity contribution in [3.63, 3.8) is 0 Å². The quantitative estimate of drug-likeness (QED) is 0.507. The van der Waals surface area contributed by atoms with Crippen molar-refractivity contribution in [1.82, 2.24) is 4.90 Å². The Balaban J connectivity index is 2.12. The van der Waals surface area contributed by atoms with Gasteiger partial charge in [0, 0.05) is 31.1 Å². The molecule has 0 aliphatic heterocycles. The number of rotatable bonds is 7. The topological polar surface area (TPSA) is 12.5 Å². The summed E-state index contributed by atoms with van der Waals surface area (Å²) < 4.78 is 5.37. The van der Waals surface area contributed by atoms with Crippen LogP contribution in [0.2, 0.25) is 0 Å². The van der Waals surface area contributed by atoms with Crippen LogP contribution in [0.15, 0.2) is 0 Å². The van der Waals surface area contributed by atoms with E-state index in [1.807, 2.05) is 0 Å². The average Bonchev–Trinajstić information content (AvgIpc) is 2.02. The third-order valence-corrected chi connectivity index (χ3v) is 3.04. The zero-order valence-corrected chi connectivity index (χ0v) is 10.1. The molecule has 0 aromatic heterocycles. The van der Waals surface area contributed by atoms with Gasteiger partial charge in [0.2, 0.25) is 0 Å². The highest BCUT2D eigenvalue weighted by molar-refractivity contribution is 9.09. The molecule has 1 fully saturated rings. The molecule has 78 valence electrons. The monoisotopic (exact) mass is 249 g/mol. The minimum absolute atomic E-state index is 0.840. The molecular formula is C10H20BrNO. The van der Waals surface area contributed by atoms with E-state index in [0.29, 0.717) is 0 Å². The van der Waals surface area contributed by atoms with Gasteiger partial charge in [-0.1, -0.05) is 22.4 Å². The predicted molar refractivity (Wildman–Crippen MR) is 59.5 cm³/mol. The standard InChI is InChI=1S/C10H20BrNO/c1-2-13-9-8-12(7-6-11)10-4-3-5-10/h10H,2-9H2,1H3. The first-order valence-corrected chi connectivity index (χ1v) is 6.38. The molecule has 0 bridgehead atoms. The summed E-state index contributed by atoms with van der Waals surface area (Å²) in [6.45, 7) is 6.05. The molecule has 0 unspecified atom stereocenters. The second-order valence-electron chi connectivity index (χ2n) is 3.51. The molecule has 0 saturated heterocycles. The summed E-state index contributed by atoms with van der Waals surface area (Å²) in [6, 6.07) is 0.845. The molecule has 1 rings (SSSR count). The number of halogens is 1. The molecule has 2 nitrogen and oxygen atoms in total. The third kappa shape index (κ3) is 3.96. The Morgan fingerprint density at radius 2 is 2.15 bits per heavy atom. The van der Waals surface area contributed by atoms with Crippen LogP contribution in [0.4, 0.5) is 0 Å². The lowest BCUT2D eigenvalue weighted by molar-refractivity contribution is 0.0737. The summed E-state index contributed by atoms with van der Waals surface area (Å²) in [5, 5.41) is 1.08. The number of ether oxygens (including phenoxy) is 1. The first-order chi connectivity index (χ1) is 6.38. The fourth-order valence-corrected chi connectivity index (χ4v) is 2.12. The summed E-state index contributed by atoms with van der Waals surface area (Å²) in [4.78, 5) is 2.55. The Labute approximate surface area is 89.8 Å². The summed E-state index contributed by atoms with van der Waals surface area (Å²) in [7, 11) is 0. The molecule has 0 aromatic carbocycles. The predicted octanol–water partition coefficient (Wildman–Crippen LogP) is 2.27. The highest BCUT2D eigenvalue weighted by atomic mass is 79.9. The fraction of sp³-hybridized carbons (Fsp3) is 1.00. The normalized spacial score (nSPS) is 17.8. The summed E-state index contributed by atoms with van der Waals surface area (Å²) >= 11 is 3.50. The number of nitrogens with zero attached hydrogens (tertiary/aromatic N) is 1. The lowest BCUT2D eigenvalue weighted by Crippen LogP contribution is -2.43. The van der Waals surface area contributed by atoms with Crippen molar-refractivity contribution in [1.29, 1.82) is 0 Å². The molecule has 0 N–H and O–H groups in total. The van der Waals surface area contributed by atoms with Crippen molar-refractivity contribution < 1.29 is 4.74 Å². The molecule has 1 aliphatic carbocycles. The smallest absolute Gasteiger partial charge is 0.0593 e. The van der Waals surface area contributed by atoms with Crippen molar-refractivity contribution in [2.45, 2.75) is 32.2 Å². The fourth-order valence-electron chi connectivity index (χ4n) is 1.66. The maximum Gasteiger partial charge on any atom is 0.0593 e. The van der Waals surface area contributed by atoms with E-state index < -0.39 is 0 Å². The first kappa shape index (κ1) is 11.5. The molecule has 0 radical (unpaired) electrons. The van der Waals surface area contributed by atoms with E-state index in [9.17, 15) is 0 Å². The molecule has 0 heterocycles. The van der Waals surface area contributed by atoms with Gasteiger partial charge < -0.3 is 4.74 Å². The van der Waals surface area contributed by atoms with Crippen LogP contribution in [-0.4, -0.2) is 42.6 Å². The second-order valence-corrected chi connectivity index (χ2v) is 4.30. The van der Waals surface area contributed by atoms with E-state index in [4.69, 9.17) is 4.74 Å². The van der Waals surface area contributed by atoms with Gasteiger partial charge in [0.05, 0.1) is 6.61 Å². The Hall–Kier alpha value is 0.400. The maximum atomic E-state index is 5.37. The highest BCUT2D eigenvalue weighted by Gasteiger charge is 2.23. The molecule has 13 heavy (non-hydrogen) atoms. The van der Waals surface area contributed by atoms with E-state index in [1.165, 1.54) is 19.3 Å². The molecule has 1 saturated carbocycles. The van der Waals surface area contributed by atoms with Gasteiger partial charge in [-0.3, -0.25) is 4.90 Å². The molecular weight excluding hydrogens is 230 g/mol. The van der Waals surface area contributed by atoms with Crippen molar-refractivity contribution in [3.05, 3.63) is 0 Å². The third-order valence-electron chi connectivity index (χ3n) is 2.69. The van der Waals surface area contributed by atoms with Crippen LogP contribution >= 0.6 is 15.9 Å². The van der Waals surface area contributed by atoms with Gasteiger partial charge in [0.15, 0.2) is 0 Å². The van der Waals surface area contributed by atoms with Crippen LogP contribution in [0, 0.1) is 0 Å². The Morgan fingerprint density at radius 3 is 2.62 bits per heavy atom. The van der Waals surface area contributed by atoms with Gasteiger partial charge in [-0.05, 0) is 19.8 Å². The van der Waals surface area contributed by atoms with Crippen LogP contribution in [0.5, 0.6) is 0 Å². The number of hydrogen-bond acceptors (Lipinski definition) is 2. The van der Waals surface area contributed by atoms with Crippen molar-refractivity contribution in [2.75, 3.05) is 31.6 Å². The van der Waals surface area contributed by atoms with Gasteiger partial charge in [-0.25, -0.2) is 0 Å². The van der Waals surface area contributed by atoms with Crippen molar-refractivity contribution in [3.8, 4) is 0 Å². The van der Waals surface area contributed by atoms with E-state index >= 15 is 0 Å². The average molecular weight is 250 g/mol. The number of hydrogen-bond donors (Lipinski definition) is 0. The summed E-state index contributed by atoms with van der Waals surface area (Å²) in [5.41, 5.74) is 0. The number of alkyl halides is 1. The summed E-state index contributed by atoms with van der Waals surface area (Å²) in [5.74, 6) is 0. The second kappa shape index (κ2) is 6.80. The van der Waals surface area contributed by atoms with E-state index in [1.54, 1.807) is 0 Å². The highest BCUT2D eigenvalue weighted by Crippen LogP contribution is 2.24. The lowest BCUT2D eigenvalue weighted by atomic mass is 9.91. The summed E-state index contributed by atoms with van der Waals surface area (Å²) in [6.07, 6.45) is 4.19. The molecule has 1 aliphatic rings. The van der Waals surface area contributed by atoms with Crippen LogP contribution < -0.4 is 0 Å². The lowest BCUT2D eigenvalue weighted by Gasteiger charge is -2.37. The van der Waals surface area contributed by atoms with Crippen LogP contribution in [-0.2, 0) is 4.74 Å². The molecule has 0 amide bonds.